The molecular formula is C24H38BNO5Si. The summed E-state index contributed by atoms with van der Waals surface area (Å²) < 4.78 is 17.7. The highest BCUT2D eigenvalue weighted by atomic mass is 28.4. The van der Waals surface area contributed by atoms with Gasteiger partial charge in [0.25, 0.3) is 0 Å². The standard InChI is InChI=1S/C24H38BNO5Si/c1-8-11-30-23-13-18(9-10-22(23)29-5)19-12-20(16-26-15-19)21(14-25(27)28)17-31-32(6,7)24(2,3)4/h9-10,12-13,15-16,21,27-28H,8,11,14,17H2,1-7H3. The van der Waals surface area contributed by atoms with Gasteiger partial charge < -0.3 is 23.9 Å². The lowest BCUT2D eigenvalue weighted by molar-refractivity contribution is 0.262. The van der Waals surface area contributed by atoms with E-state index in [1.54, 1.807) is 19.5 Å². The molecule has 1 unspecified atom stereocenters. The summed E-state index contributed by atoms with van der Waals surface area (Å²) in [6, 6.07) is 7.86. The molecule has 6 nitrogen and oxygen atoms in total. The number of hydrogen-bond donors (Lipinski definition) is 2. The monoisotopic (exact) mass is 459 g/mol. The van der Waals surface area contributed by atoms with E-state index in [9.17, 15) is 10.0 Å². The smallest absolute Gasteiger partial charge is 0.452 e. The highest BCUT2D eigenvalue weighted by Gasteiger charge is 2.38. The van der Waals surface area contributed by atoms with Gasteiger partial charge in [0, 0.05) is 30.5 Å². The lowest BCUT2D eigenvalue weighted by atomic mass is 9.76. The number of ether oxygens (including phenoxy) is 2. The number of rotatable bonds is 11. The first-order chi connectivity index (χ1) is 15.0. The van der Waals surface area contributed by atoms with E-state index in [0.717, 1.165) is 23.1 Å². The van der Waals surface area contributed by atoms with E-state index in [-0.39, 0.29) is 17.3 Å². The van der Waals surface area contributed by atoms with Gasteiger partial charge >= 0.3 is 7.12 Å². The fraction of sp³-hybridized carbons (Fsp3) is 0.542. The second kappa shape index (κ2) is 11.3. The van der Waals surface area contributed by atoms with E-state index in [1.807, 2.05) is 24.3 Å². The van der Waals surface area contributed by atoms with Crippen LogP contribution in [0.4, 0.5) is 0 Å². The number of nitrogens with zero attached hydrogens (tertiary/aromatic N) is 1. The molecule has 1 atom stereocenters. The van der Waals surface area contributed by atoms with Gasteiger partial charge in [-0.3, -0.25) is 4.98 Å². The first-order valence-electron chi connectivity index (χ1n) is 11.2. The van der Waals surface area contributed by atoms with Crippen LogP contribution in [0.3, 0.4) is 0 Å². The molecule has 0 amide bonds. The second-order valence-electron chi connectivity index (χ2n) is 9.71. The Hall–Kier alpha value is -1.87. The van der Waals surface area contributed by atoms with Crippen LogP contribution in [0.2, 0.25) is 24.5 Å². The van der Waals surface area contributed by atoms with Crippen molar-refractivity contribution in [2.45, 2.75) is 64.5 Å². The molecule has 1 heterocycles. The molecule has 176 valence electrons. The van der Waals surface area contributed by atoms with Crippen molar-refractivity contribution in [1.82, 2.24) is 4.98 Å². The van der Waals surface area contributed by atoms with Crippen molar-refractivity contribution < 1.29 is 23.9 Å². The van der Waals surface area contributed by atoms with Crippen molar-refractivity contribution in [3.63, 3.8) is 0 Å². The van der Waals surface area contributed by atoms with Crippen molar-refractivity contribution in [1.29, 1.82) is 0 Å². The highest BCUT2D eigenvalue weighted by molar-refractivity contribution is 6.74. The molecule has 2 rings (SSSR count). The van der Waals surface area contributed by atoms with E-state index in [1.165, 1.54) is 0 Å². The van der Waals surface area contributed by atoms with Gasteiger partial charge in [-0.05, 0) is 60.2 Å². The van der Waals surface area contributed by atoms with E-state index in [4.69, 9.17) is 13.9 Å². The molecule has 2 N–H and O–H groups in total. The van der Waals surface area contributed by atoms with Crippen LogP contribution in [0.5, 0.6) is 11.5 Å². The lowest BCUT2D eigenvalue weighted by Crippen LogP contribution is -2.42. The van der Waals surface area contributed by atoms with Gasteiger partial charge in [0.15, 0.2) is 19.8 Å². The fourth-order valence-electron chi connectivity index (χ4n) is 3.10. The average molecular weight is 459 g/mol. The third-order valence-corrected chi connectivity index (χ3v) is 10.6. The topological polar surface area (TPSA) is 81.0 Å². The van der Waals surface area contributed by atoms with Gasteiger partial charge in [-0.2, -0.15) is 0 Å². The van der Waals surface area contributed by atoms with Gasteiger partial charge in [-0.25, -0.2) is 0 Å². The zero-order valence-electron chi connectivity index (χ0n) is 20.5. The second-order valence-corrected chi connectivity index (χ2v) is 14.5. The number of aromatic nitrogens is 1. The molecule has 0 aliphatic heterocycles. The van der Waals surface area contributed by atoms with Gasteiger partial charge in [-0.15, -0.1) is 0 Å². The number of pyridine rings is 1. The van der Waals surface area contributed by atoms with E-state index in [2.05, 4.69) is 45.8 Å². The SMILES string of the molecule is CCCOc1cc(-c2cncc(C(CO[Si](C)(C)C(C)(C)C)CB(O)O)c2)ccc1OC. The number of methoxy groups -OCH3 is 1. The Morgan fingerprint density at radius 2 is 1.78 bits per heavy atom. The van der Waals surface area contributed by atoms with Crippen molar-refractivity contribution in [2.75, 3.05) is 20.3 Å². The predicted octanol–water partition coefficient (Wildman–Crippen LogP) is 5.12. The maximum absolute atomic E-state index is 9.70. The normalized spacial score (nSPS) is 13.0. The maximum atomic E-state index is 9.70. The number of hydrogen-bond acceptors (Lipinski definition) is 6. The summed E-state index contributed by atoms with van der Waals surface area (Å²) in [5, 5.41) is 19.5. The van der Waals surface area contributed by atoms with E-state index in [0.29, 0.717) is 24.7 Å². The Morgan fingerprint density at radius 1 is 1.06 bits per heavy atom. The zero-order valence-corrected chi connectivity index (χ0v) is 21.5. The summed E-state index contributed by atoms with van der Waals surface area (Å²) in [5.74, 6) is 1.21. The van der Waals surface area contributed by atoms with Crippen molar-refractivity contribution >= 4 is 15.4 Å². The van der Waals surface area contributed by atoms with Crippen LogP contribution in [0.25, 0.3) is 11.1 Å². The van der Waals surface area contributed by atoms with Gasteiger partial charge in [0.2, 0.25) is 0 Å². The molecule has 0 aliphatic rings. The first kappa shape index (κ1) is 26.4. The molecule has 8 heteroatoms. The molecule has 0 aliphatic carbocycles. The quantitative estimate of drug-likeness (QED) is 0.454. The minimum atomic E-state index is -1.97. The predicted molar refractivity (Wildman–Crippen MR) is 133 cm³/mol. The Bertz CT molecular complexity index is 870. The van der Waals surface area contributed by atoms with Crippen LogP contribution < -0.4 is 9.47 Å². The van der Waals surface area contributed by atoms with E-state index < -0.39 is 15.4 Å². The summed E-state index contributed by atoms with van der Waals surface area (Å²) in [5.41, 5.74) is 2.80. The minimum absolute atomic E-state index is 0.0768. The molecule has 0 spiro atoms. The van der Waals surface area contributed by atoms with Gasteiger partial charge in [0.05, 0.1) is 13.7 Å². The average Bonchev–Trinajstić information content (AvgIpc) is 2.74. The Labute approximate surface area is 194 Å². The van der Waals surface area contributed by atoms with Gasteiger partial charge in [-0.1, -0.05) is 33.8 Å². The molecule has 0 saturated carbocycles. The Balaban J connectivity index is 2.33. The third kappa shape index (κ3) is 7.07. The largest absolute Gasteiger partial charge is 0.493 e. The minimum Gasteiger partial charge on any atom is -0.493 e. The molecule has 0 bridgehead atoms. The molecule has 0 saturated heterocycles. The zero-order chi connectivity index (χ0) is 23.9. The maximum Gasteiger partial charge on any atom is 0.452 e. The highest BCUT2D eigenvalue weighted by Crippen LogP contribution is 2.38. The van der Waals surface area contributed by atoms with Crippen LogP contribution in [-0.2, 0) is 4.43 Å². The van der Waals surface area contributed by atoms with Crippen LogP contribution in [-0.4, -0.2) is 50.8 Å². The van der Waals surface area contributed by atoms with Crippen molar-refractivity contribution in [3.05, 3.63) is 42.2 Å². The Morgan fingerprint density at radius 3 is 2.38 bits per heavy atom. The number of benzene rings is 1. The van der Waals surface area contributed by atoms with Crippen LogP contribution in [0.15, 0.2) is 36.7 Å². The summed E-state index contributed by atoms with van der Waals surface area (Å²) in [6.07, 6.45) is 4.68. The molecule has 1 aromatic heterocycles. The van der Waals surface area contributed by atoms with Crippen molar-refractivity contribution in [3.8, 4) is 22.6 Å². The Kier molecular flexibility index (Phi) is 9.33. The van der Waals surface area contributed by atoms with Crippen molar-refractivity contribution in [2.24, 2.45) is 0 Å². The molecular weight excluding hydrogens is 421 g/mol. The lowest BCUT2D eigenvalue weighted by Gasteiger charge is -2.37. The molecule has 0 fully saturated rings. The molecule has 1 aromatic carbocycles. The summed E-state index contributed by atoms with van der Waals surface area (Å²) in [6.45, 7) is 14.1. The fourth-order valence-corrected chi connectivity index (χ4v) is 4.15. The summed E-state index contributed by atoms with van der Waals surface area (Å²) in [4.78, 5) is 4.44. The van der Waals surface area contributed by atoms with E-state index >= 15 is 0 Å². The molecule has 32 heavy (non-hydrogen) atoms. The van der Waals surface area contributed by atoms with Gasteiger partial charge in [0.1, 0.15) is 0 Å². The van der Waals surface area contributed by atoms with Crippen LogP contribution in [0.1, 0.15) is 45.6 Å². The third-order valence-electron chi connectivity index (χ3n) is 6.14. The first-order valence-corrected chi connectivity index (χ1v) is 14.2. The van der Waals surface area contributed by atoms with Crippen LogP contribution >= 0.6 is 0 Å². The summed E-state index contributed by atoms with van der Waals surface area (Å²) in [7, 11) is -1.76. The molecule has 0 radical (unpaired) electrons. The molecule has 2 aromatic rings. The summed E-state index contributed by atoms with van der Waals surface area (Å²) >= 11 is 0. The van der Waals surface area contributed by atoms with Crippen LogP contribution in [0, 0.1) is 0 Å².